The second-order valence-electron chi connectivity index (χ2n) is 4.86. The van der Waals surface area contributed by atoms with Crippen LogP contribution < -0.4 is 10.6 Å². The molecule has 3 rings (SSSR count). The van der Waals surface area contributed by atoms with Gasteiger partial charge >= 0.3 is 6.01 Å². The topological polar surface area (TPSA) is 63.0 Å². The standard InChI is InChI=1S/C13H14BrFN4O/c1-7-4-10(15)9(14)5-11(7)17-13-19-18-12(20-13)6-16-8-2-3-8/h4-5,8,16H,2-3,6H2,1H3,(H,17,19). The van der Waals surface area contributed by atoms with Crippen molar-refractivity contribution in [3.8, 4) is 0 Å². The molecule has 5 nitrogen and oxygen atoms in total. The van der Waals surface area contributed by atoms with Crippen molar-refractivity contribution in [1.29, 1.82) is 0 Å². The summed E-state index contributed by atoms with van der Waals surface area (Å²) in [4.78, 5) is 0. The highest BCUT2D eigenvalue weighted by atomic mass is 79.9. The monoisotopic (exact) mass is 340 g/mol. The highest BCUT2D eigenvalue weighted by Crippen LogP contribution is 2.26. The quantitative estimate of drug-likeness (QED) is 0.874. The van der Waals surface area contributed by atoms with Gasteiger partial charge in [0.15, 0.2) is 0 Å². The molecule has 1 heterocycles. The maximum Gasteiger partial charge on any atom is 0.320 e. The Kier molecular flexibility index (Phi) is 3.71. The molecule has 20 heavy (non-hydrogen) atoms. The van der Waals surface area contributed by atoms with Crippen molar-refractivity contribution in [3.63, 3.8) is 0 Å². The summed E-state index contributed by atoms with van der Waals surface area (Å²) >= 11 is 3.15. The molecule has 1 aliphatic rings. The predicted molar refractivity (Wildman–Crippen MR) is 76.3 cm³/mol. The summed E-state index contributed by atoms with van der Waals surface area (Å²) in [5, 5.41) is 14.2. The summed E-state index contributed by atoms with van der Waals surface area (Å²) in [5.41, 5.74) is 1.49. The molecular weight excluding hydrogens is 327 g/mol. The second kappa shape index (κ2) is 5.49. The third kappa shape index (κ3) is 3.16. The van der Waals surface area contributed by atoms with E-state index in [-0.39, 0.29) is 5.82 Å². The van der Waals surface area contributed by atoms with Gasteiger partial charge in [0.25, 0.3) is 0 Å². The van der Waals surface area contributed by atoms with Gasteiger partial charge in [0, 0.05) is 11.7 Å². The summed E-state index contributed by atoms with van der Waals surface area (Å²) in [6, 6.07) is 3.99. The van der Waals surface area contributed by atoms with E-state index >= 15 is 0 Å². The van der Waals surface area contributed by atoms with Crippen molar-refractivity contribution in [2.75, 3.05) is 5.32 Å². The normalized spacial score (nSPS) is 14.6. The van der Waals surface area contributed by atoms with Gasteiger partial charge < -0.3 is 15.1 Å². The van der Waals surface area contributed by atoms with Crippen molar-refractivity contribution < 1.29 is 8.81 Å². The first kappa shape index (κ1) is 13.5. The lowest BCUT2D eigenvalue weighted by molar-refractivity contribution is 0.478. The smallest absolute Gasteiger partial charge is 0.320 e. The Labute approximate surface area is 124 Å². The number of nitrogens with zero attached hydrogens (tertiary/aromatic N) is 2. The molecule has 0 aliphatic heterocycles. The average Bonchev–Trinajstić information content (AvgIpc) is 3.14. The number of anilines is 2. The zero-order valence-corrected chi connectivity index (χ0v) is 12.5. The van der Waals surface area contributed by atoms with Gasteiger partial charge in [-0.05, 0) is 53.4 Å². The minimum absolute atomic E-state index is 0.298. The summed E-state index contributed by atoms with van der Waals surface area (Å²) in [6.07, 6.45) is 2.42. The zero-order chi connectivity index (χ0) is 14.1. The van der Waals surface area contributed by atoms with Crippen LogP contribution in [0.5, 0.6) is 0 Å². The molecular formula is C13H14BrFN4O. The lowest BCUT2D eigenvalue weighted by Crippen LogP contribution is -2.15. The summed E-state index contributed by atoms with van der Waals surface area (Å²) in [7, 11) is 0. The van der Waals surface area contributed by atoms with Gasteiger partial charge in [-0.15, -0.1) is 5.10 Å². The van der Waals surface area contributed by atoms with Crippen LogP contribution in [0.2, 0.25) is 0 Å². The number of hydrogen-bond donors (Lipinski definition) is 2. The van der Waals surface area contributed by atoms with Crippen LogP contribution in [0, 0.1) is 12.7 Å². The molecule has 2 N–H and O–H groups in total. The molecule has 0 saturated heterocycles. The van der Waals surface area contributed by atoms with Crippen LogP contribution >= 0.6 is 15.9 Å². The van der Waals surface area contributed by atoms with E-state index in [0.717, 1.165) is 11.3 Å². The van der Waals surface area contributed by atoms with Crippen LogP contribution in [0.4, 0.5) is 16.1 Å². The fourth-order valence-electron chi connectivity index (χ4n) is 1.79. The fourth-order valence-corrected chi connectivity index (χ4v) is 2.13. The number of halogens is 2. The minimum Gasteiger partial charge on any atom is -0.406 e. The number of benzene rings is 1. The van der Waals surface area contributed by atoms with E-state index in [0.29, 0.717) is 29.0 Å². The number of aromatic nitrogens is 2. The molecule has 1 fully saturated rings. The van der Waals surface area contributed by atoms with E-state index < -0.39 is 0 Å². The van der Waals surface area contributed by atoms with Crippen LogP contribution in [0.25, 0.3) is 0 Å². The Morgan fingerprint density at radius 1 is 1.40 bits per heavy atom. The van der Waals surface area contributed by atoms with Crippen LogP contribution in [-0.2, 0) is 6.54 Å². The predicted octanol–water partition coefficient (Wildman–Crippen LogP) is 3.28. The number of rotatable bonds is 5. The molecule has 0 atom stereocenters. The Bertz CT molecular complexity index is 627. The highest BCUT2D eigenvalue weighted by molar-refractivity contribution is 9.10. The van der Waals surface area contributed by atoms with Gasteiger partial charge in [0.1, 0.15) is 5.82 Å². The van der Waals surface area contributed by atoms with Crippen molar-refractivity contribution >= 4 is 27.6 Å². The van der Waals surface area contributed by atoms with Crippen molar-refractivity contribution in [3.05, 3.63) is 33.9 Å². The third-order valence-corrected chi connectivity index (χ3v) is 3.70. The Hall–Kier alpha value is -1.47. The van der Waals surface area contributed by atoms with Crippen LogP contribution in [0.15, 0.2) is 21.0 Å². The summed E-state index contributed by atoms with van der Waals surface area (Å²) in [5.74, 6) is 0.242. The third-order valence-electron chi connectivity index (χ3n) is 3.10. The van der Waals surface area contributed by atoms with Gasteiger partial charge in [-0.2, -0.15) is 0 Å². The van der Waals surface area contributed by atoms with E-state index in [1.54, 1.807) is 6.07 Å². The molecule has 0 bridgehead atoms. The van der Waals surface area contributed by atoms with Crippen molar-refractivity contribution in [1.82, 2.24) is 15.5 Å². The Morgan fingerprint density at radius 2 is 2.20 bits per heavy atom. The molecule has 0 spiro atoms. The maximum absolute atomic E-state index is 13.4. The molecule has 0 radical (unpaired) electrons. The summed E-state index contributed by atoms with van der Waals surface area (Å²) < 4.78 is 19.2. The van der Waals surface area contributed by atoms with Crippen molar-refractivity contribution in [2.24, 2.45) is 0 Å². The molecule has 1 aromatic carbocycles. The van der Waals surface area contributed by atoms with Gasteiger partial charge in [-0.1, -0.05) is 5.10 Å². The lowest BCUT2D eigenvalue weighted by Gasteiger charge is -2.06. The van der Waals surface area contributed by atoms with Gasteiger partial charge in [-0.25, -0.2) is 4.39 Å². The van der Waals surface area contributed by atoms with E-state index in [9.17, 15) is 4.39 Å². The minimum atomic E-state index is -0.298. The SMILES string of the molecule is Cc1cc(F)c(Br)cc1Nc1nnc(CNC2CC2)o1. The summed E-state index contributed by atoms with van der Waals surface area (Å²) in [6.45, 7) is 2.38. The van der Waals surface area contributed by atoms with Gasteiger partial charge in [0.2, 0.25) is 5.89 Å². The Balaban J connectivity index is 1.69. The molecule has 1 aliphatic carbocycles. The zero-order valence-electron chi connectivity index (χ0n) is 10.9. The van der Waals surface area contributed by atoms with E-state index in [4.69, 9.17) is 4.42 Å². The first-order valence-electron chi connectivity index (χ1n) is 6.40. The highest BCUT2D eigenvalue weighted by Gasteiger charge is 2.21. The van der Waals surface area contributed by atoms with E-state index in [1.807, 2.05) is 6.92 Å². The molecule has 1 aromatic heterocycles. The fraction of sp³-hybridized carbons (Fsp3) is 0.385. The molecule has 0 unspecified atom stereocenters. The Morgan fingerprint density at radius 3 is 2.95 bits per heavy atom. The first-order chi connectivity index (χ1) is 9.61. The van der Waals surface area contributed by atoms with Crippen LogP contribution in [0.1, 0.15) is 24.3 Å². The molecule has 7 heteroatoms. The largest absolute Gasteiger partial charge is 0.406 e. The van der Waals surface area contributed by atoms with Gasteiger partial charge in [-0.3, -0.25) is 0 Å². The van der Waals surface area contributed by atoms with Crippen LogP contribution in [0.3, 0.4) is 0 Å². The molecule has 106 valence electrons. The van der Waals surface area contributed by atoms with Crippen LogP contribution in [-0.4, -0.2) is 16.2 Å². The van der Waals surface area contributed by atoms with E-state index in [2.05, 4.69) is 36.8 Å². The molecule has 0 amide bonds. The molecule has 1 saturated carbocycles. The molecule has 2 aromatic rings. The lowest BCUT2D eigenvalue weighted by atomic mass is 10.2. The second-order valence-corrected chi connectivity index (χ2v) is 5.72. The number of nitrogens with one attached hydrogen (secondary N) is 2. The van der Waals surface area contributed by atoms with Crippen molar-refractivity contribution in [2.45, 2.75) is 32.4 Å². The first-order valence-corrected chi connectivity index (χ1v) is 7.19. The number of aryl methyl sites for hydroxylation is 1. The average molecular weight is 341 g/mol. The van der Waals surface area contributed by atoms with Gasteiger partial charge in [0.05, 0.1) is 11.0 Å². The van der Waals surface area contributed by atoms with E-state index in [1.165, 1.54) is 18.9 Å². The number of hydrogen-bond acceptors (Lipinski definition) is 5. The maximum atomic E-state index is 13.4.